The number of likely N-dealkylation sites (tertiary alicyclic amines) is 1. The maximum Gasteiger partial charge on any atom is 0.282 e. The van der Waals surface area contributed by atoms with Gasteiger partial charge in [0.25, 0.3) is 10.2 Å². The Kier molecular flexibility index (Phi) is 5.71. The summed E-state index contributed by atoms with van der Waals surface area (Å²) in [5, 5.41) is 0. The fraction of sp³-hybridized carbons (Fsp3) is 1.00. The van der Waals surface area contributed by atoms with Gasteiger partial charge in [0.1, 0.15) is 0 Å². The SMILES string of the molecule is CN1CCC(N(C)S(=O)(=O)N2CCCCC2CCl)CC1. The zero-order valence-corrected chi connectivity index (χ0v) is 14.0. The molecule has 0 saturated carbocycles. The zero-order valence-electron chi connectivity index (χ0n) is 12.5. The Morgan fingerprint density at radius 1 is 1.15 bits per heavy atom. The summed E-state index contributed by atoms with van der Waals surface area (Å²) in [6, 6.07) is 0.0817. The molecule has 1 atom stereocenters. The summed E-state index contributed by atoms with van der Waals surface area (Å²) in [5.41, 5.74) is 0. The van der Waals surface area contributed by atoms with E-state index in [9.17, 15) is 8.42 Å². The van der Waals surface area contributed by atoms with Crippen molar-refractivity contribution in [2.24, 2.45) is 0 Å². The van der Waals surface area contributed by atoms with E-state index in [1.165, 1.54) is 0 Å². The van der Waals surface area contributed by atoms with Crippen LogP contribution in [0.25, 0.3) is 0 Å². The molecule has 5 nitrogen and oxygen atoms in total. The second kappa shape index (κ2) is 6.92. The molecule has 2 fully saturated rings. The molecule has 1 unspecified atom stereocenters. The number of piperidine rings is 2. The van der Waals surface area contributed by atoms with E-state index in [-0.39, 0.29) is 12.1 Å². The van der Waals surface area contributed by atoms with Gasteiger partial charge in [0, 0.05) is 31.6 Å². The van der Waals surface area contributed by atoms with Gasteiger partial charge >= 0.3 is 0 Å². The minimum Gasteiger partial charge on any atom is -0.306 e. The van der Waals surface area contributed by atoms with Crippen LogP contribution in [0.3, 0.4) is 0 Å². The van der Waals surface area contributed by atoms with Gasteiger partial charge in [-0.3, -0.25) is 0 Å². The molecule has 0 amide bonds. The number of alkyl halides is 1. The maximum atomic E-state index is 12.8. The Morgan fingerprint density at radius 2 is 1.80 bits per heavy atom. The van der Waals surface area contributed by atoms with Gasteiger partial charge < -0.3 is 4.90 Å². The third-order valence-corrected chi connectivity index (χ3v) is 7.07. The summed E-state index contributed by atoms with van der Waals surface area (Å²) in [6.07, 6.45) is 4.70. The molecule has 0 aromatic rings. The summed E-state index contributed by atoms with van der Waals surface area (Å²) < 4.78 is 28.8. The van der Waals surface area contributed by atoms with Gasteiger partial charge in [0.15, 0.2) is 0 Å². The molecule has 2 rings (SSSR count). The molecule has 2 aliphatic rings. The third kappa shape index (κ3) is 3.47. The highest BCUT2D eigenvalue weighted by Gasteiger charge is 2.37. The molecule has 118 valence electrons. The van der Waals surface area contributed by atoms with Crippen molar-refractivity contribution in [1.29, 1.82) is 0 Å². The van der Waals surface area contributed by atoms with Crippen molar-refractivity contribution in [2.75, 3.05) is 39.6 Å². The maximum absolute atomic E-state index is 12.8. The molecule has 0 radical (unpaired) electrons. The minimum absolute atomic E-state index is 0.0378. The Hall–Kier alpha value is 0.120. The molecule has 20 heavy (non-hydrogen) atoms. The van der Waals surface area contributed by atoms with Crippen LogP contribution in [-0.4, -0.2) is 73.6 Å². The molecule has 0 spiro atoms. The average molecular weight is 324 g/mol. The van der Waals surface area contributed by atoms with Crippen molar-refractivity contribution in [3.05, 3.63) is 0 Å². The number of hydrogen-bond acceptors (Lipinski definition) is 3. The number of rotatable bonds is 4. The lowest BCUT2D eigenvalue weighted by atomic mass is 10.1. The van der Waals surface area contributed by atoms with Gasteiger partial charge in [-0.1, -0.05) is 6.42 Å². The van der Waals surface area contributed by atoms with Gasteiger partial charge in [-0.2, -0.15) is 17.0 Å². The van der Waals surface area contributed by atoms with Crippen molar-refractivity contribution < 1.29 is 8.42 Å². The highest BCUT2D eigenvalue weighted by Crippen LogP contribution is 2.26. The molecule has 0 aromatic carbocycles. The predicted octanol–water partition coefficient (Wildman–Crippen LogP) is 1.35. The third-order valence-electron chi connectivity index (χ3n) is 4.61. The van der Waals surface area contributed by atoms with Crippen LogP contribution in [0.5, 0.6) is 0 Å². The van der Waals surface area contributed by atoms with Gasteiger partial charge in [-0.15, -0.1) is 11.6 Å². The van der Waals surface area contributed by atoms with Gasteiger partial charge in [0.05, 0.1) is 0 Å². The summed E-state index contributed by atoms with van der Waals surface area (Å²) in [5.74, 6) is 0.389. The van der Waals surface area contributed by atoms with E-state index in [4.69, 9.17) is 11.6 Å². The van der Waals surface area contributed by atoms with Crippen LogP contribution in [0.2, 0.25) is 0 Å². The number of hydrogen-bond donors (Lipinski definition) is 0. The normalized spacial score (nSPS) is 28.1. The van der Waals surface area contributed by atoms with Crippen molar-refractivity contribution in [1.82, 2.24) is 13.5 Å². The second-order valence-electron chi connectivity index (χ2n) is 5.97. The molecule has 0 aromatic heterocycles. The fourth-order valence-corrected chi connectivity index (χ4v) is 5.38. The van der Waals surface area contributed by atoms with E-state index >= 15 is 0 Å². The fourth-order valence-electron chi connectivity index (χ4n) is 3.14. The lowest BCUT2D eigenvalue weighted by molar-refractivity contribution is 0.181. The topological polar surface area (TPSA) is 43.9 Å². The van der Waals surface area contributed by atoms with E-state index in [0.717, 1.165) is 45.2 Å². The molecule has 2 aliphatic heterocycles. The molecular weight excluding hydrogens is 298 g/mol. The highest BCUT2D eigenvalue weighted by molar-refractivity contribution is 7.86. The van der Waals surface area contributed by atoms with E-state index in [0.29, 0.717) is 12.4 Å². The standard InChI is InChI=1S/C13H26ClN3O2S/c1-15-9-6-12(7-10-15)16(2)20(18,19)17-8-4-3-5-13(17)11-14/h12-13H,3-11H2,1-2H3. The lowest BCUT2D eigenvalue weighted by Gasteiger charge is -2.40. The van der Waals surface area contributed by atoms with Crippen molar-refractivity contribution in [2.45, 2.75) is 44.2 Å². The van der Waals surface area contributed by atoms with Crippen LogP contribution in [0, 0.1) is 0 Å². The van der Waals surface area contributed by atoms with Crippen LogP contribution in [0.4, 0.5) is 0 Å². The smallest absolute Gasteiger partial charge is 0.282 e. The van der Waals surface area contributed by atoms with E-state index in [2.05, 4.69) is 11.9 Å². The minimum atomic E-state index is -3.38. The highest BCUT2D eigenvalue weighted by atomic mass is 35.5. The van der Waals surface area contributed by atoms with Crippen molar-refractivity contribution >= 4 is 21.8 Å². The van der Waals surface area contributed by atoms with E-state index in [1.807, 2.05) is 0 Å². The summed E-state index contributed by atoms with van der Waals surface area (Å²) in [4.78, 5) is 2.25. The zero-order chi connectivity index (χ0) is 14.8. The van der Waals surface area contributed by atoms with E-state index < -0.39 is 10.2 Å². The largest absolute Gasteiger partial charge is 0.306 e. The summed E-state index contributed by atoms with van der Waals surface area (Å²) in [7, 11) is 0.433. The summed E-state index contributed by atoms with van der Waals surface area (Å²) in [6.45, 7) is 2.53. The monoisotopic (exact) mass is 323 g/mol. The van der Waals surface area contributed by atoms with Crippen molar-refractivity contribution in [3.63, 3.8) is 0 Å². The summed E-state index contributed by atoms with van der Waals surface area (Å²) >= 11 is 5.96. The van der Waals surface area contributed by atoms with Crippen LogP contribution in [0.15, 0.2) is 0 Å². The van der Waals surface area contributed by atoms with Crippen LogP contribution < -0.4 is 0 Å². The first-order valence-electron chi connectivity index (χ1n) is 7.46. The first-order chi connectivity index (χ1) is 9.46. The lowest BCUT2D eigenvalue weighted by Crippen LogP contribution is -2.54. The van der Waals surface area contributed by atoms with Crippen LogP contribution in [0.1, 0.15) is 32.1 Å². The quantitative estimate of drug-likeness (QED) is 0.734. The Bertz CT molecular complexity index is 410. The Morgan fingerprint density at radius 3 is 2.40 bits per heavy atom. The molecule has 0 N–H and O–H groups in total. The van der Waals surface area contributed by atoms with E-state index in [1.54, 1.807) is 15.7 Å². The molecule has 0 aliphatic carbocycles. The molecule has 7 heteroatoms. The first-order valence-corrected chi connectivity index (χ1v) is 9.39. The Labute approximate surface area is 128 Å². The predicted molar refractivity (Wildman–Crippen MR) is 82.3 cm³/mol. The Balaban J connectivity index is 2.08. The average Bonchev–Trinajstić information content (AvgIpc) is 2.47. The van der Waals surface area contributed by atoms with Gasteiger partial charge in [0.2, 0.25) is 0 Å². The molecule has 0 bridgehead atoms. The number of nitrogens with zero attached hydrogens (tertiary/aromatic N) is 3. The van der Waals surface area contributed by atoms with Crippen LogP contribution >= 0.6 is 11.6 Å². The van der Waals surface area contributed by atoms with Crippen LogP contribution in [-0.2, 0) is 10.2 Å². The first kappa shape index (κ1) is 16.5. The van der Waals surface area contributed by atoms with Crippen molar-refractivity contribution in [3.8, 4) is 0 Å². The molecular formula is C13H26ClN3O2S. The molecule has 2 heterocycles. The molecule has 2 saturated heterocycles. The van der Waals surface area contributed by atoms with Gasteiger partial charge in [-0.05, 0) is 45.8 Å². The second-order valence-corrected chi connectivity index (χ2v) is 8.22. The van der Waals surface area contributed by atoms with Gasteiger partial charge in [-0.25, -0.2) is 0 Å². The number of halogens is 1.